The molecule has 0 saturated carbocycles. The largest absolute Gasteiger partial charge is 0.312 e. The molecule has 2 heterocycles. The summed E-state index contributed by atoms with van der Waals surface area (Å²) in [5, 5.41) is 0. The normalized spacial score (nSPS) is 19.5. The Morgan fingerprint density at radius 1 is 1.09 bits per heavy atom. The molecule has 0 N–H and O–H groups in total. The second-order valence-electron chi connectivity index (χ2n) is 5.77. The van der Waals surface area contributed by atoms with Crippen molar-refractivity contribution in [3.05, 3.63) is 54.1 Å². The molecule has 4 nitrogen and oxygen atoms in total. The zero-order valence-electron chi connectivity index (χ0n) is 12.7. The molecular formula is C18H16N2O2S. The number of likely N-dealkylation sites (N-methyl/N-ethyl adjacent to an activating group) is 1. The molecule has 2 aromatic rings. The van der Waals surface area contributed by atoms with Crippen molar-refractivity contribution in [1.82, 2.24) is 0 Å². The molecule has 0 spiro atoms. The first-order valence-electron chi connectivity index (χ1n) is 7.55. The van der Waals surface area contributed by atoms with Gasteiger partial charge in [-0.1, -0.05) is 30.3 Å². The van der Waals surface area contributed by atoms with Crippen molar-refractivity contribution in [1.29, 1.82) is 0 Å². The Labute approximate surface area is 139 Å². The van der Waals surface area contributed by atoms with Gasteiger partial charge in [0.25, 0.3) is 0 Å². The molecule has 2 aliphatic heterocycles. The van der Waals surface area contributed by atoms with Crippen molar-refractivity contribution < 1.29 is 9.59 Å². The lowest BCUT2D eigenvalue weighted by atomic mass is 9.99. The van der Waals surface area contributed by atoms with Crippen molar-refractivity contribution in [2.75, 3.05) is 29.1 Å². The van der Waals surface area contributed by atoms with E-state index in [0.29, 0.717) is 0 Å². The Morgan fingerprint density at radius 3 is 2.61 bits per heavy atom. The van der Waals surface area contributed by atoms with Gasteiger partial charge in [0.2, 0.25) is 11.8 Å². The number of amides is 2. The van der Waals surface area contributed by atoms with Crippen LogP contribution in [0.15, 0.2) is 53.4 Å². The second kappa shape index (κ2) is 5.42. The van der Waals surface area contributed by atoms with Gasteiger partial charge in [0.15, 0.2) is 0 Å². The molecule has 4 rings (SSSR count). The predicted molar refractivity (Wildman–Crippen MR) is 92.1 cm³/mol. The molecule has 2 aliphatic rings. The van der Waals surface area contributed by atoms with Gasteiger partial charge < -0.3 is 9.80 Å². The van der Waals surface area contributed by atoms with E-state index in [4.69, 9.17) is 0 Å². The van der Waals surface area contributed by atoms with Gasteiger partial charge in [0.1, 0.15) is 6.54 Å². The van der Waals surface area contributed by atoms with E-state index < -0.39 is 0 Å². The Morgan fingerprint density at radius 2 is 1.78 bits per heavy atom. The minimum atomic E-state index is -0.180. The van der Waals surface area contributed by atoms with Crippen LogP contribution in [0.4, 0.5) is 11.4 Å². The summed E-state index contributed by atoms with van der Waals surface area (Å²) in [7, 11) is 1.75. The molecule has 5 heteroatoms. The van der Waals surface area contributed by atoms with Crippen molar-refractivity contribution in [3.63, 3.8) is 0 Å². The van der Waals surface area contributed by atoms with E-state index in [1.807, 2.05) is 42.5 Å². The highest BCUT2D eigenvalue weighted by Crippen LogP contribution is 2.42. The minimum absolute atomic E-state index is 0.0105. The average Bonchev–Trinajstić information content (AvgIpc) is 3.01. The lowest BCUT2D eigenvalue weighted by molar-refractivity contribution is -0.123. The van der Waals surface area contributed by atoms with E-state index in [0.717, 1.165) is 22.7 Å². The predicted octanol–water partition coefficient (Wildman–Crippen LogP) is 2.89. The fraction of sp³-hybridized carbons (Fsp3) is 0.222. The van der Waals surface area contributed by atoms with Crippen LogP contribution in [0.3, 0.4) is 0 Å². The summed E-state index contributed by atoms with van der Waals surface area (Å²) in [6.45, 7) is 0.107. The third-order valence-corrected chi connectivity index (χ3v) is 5.65. The number of thioether (sulfide) groups is 1. The van der Waals surface area contributed by atoms with Crippen LogP contribution in [0, 0.1) is 0 Å². The highest BCUT2D eigenvalue weighted by atomic mass is 32.2. The molecule has 0 aliphatic carbocycles. The molecule has 116 valence electrons. The number of rotatable bonds is 1. The van der Waals surface area contributed by atoms with Crippen molar-refractivity contribution >= 4 is 35.0 Å². The van der Waals surface area contributed by atoms with Crippen molar-refractivity contribution in [2.24, 2.45) is 0 Å². The first-order chi connectivity index (χ1) is 11.2. The molecular weight excluding hydrogens is 308 g/mol. The first kappa shape index (κ1) is 14.3. The van der Waals surface area contributed by atoms with Gasteiger partial charge in [0, 0.05) is 17.7 Å². The molecule has 1 atom stereocenters. The van der Waals surface area contributed by atoms with Crippen LogP contribution in [-0.2, 0) is 9.59 Å². The molecule has 2 aromatic carbocycles. The number of carbonyl (C=O) groups excluding carboxylic acids is 2. The lowest BCUT2D eigenvalue weighted by Crippen LogP contribution is -2.48. The standard InChI is InChI=1S/C18H16N2O2S/c1-19-14-7-3-4-8-15(14)20(10-17(19)21)18(22)13-11-23-16-9-5-2-6-12(13)16/h2-9,13H,10-11H2,1H3. The Balaban J connectivity index is 1.73. The van der Waals surface area contributed by atoms with Gasteiger partial charge in [-0.3, -0.25) is 9.59 Å². The molecule has 1 unspecified atom stereocenters. The summed E-state index contributed by atoms with van der Waals surface area (Å²) in [6.07, 6.45) is 0. The minimum Gasteiger partial charge on any atom is -0.312 e. The van der Waals surface area contributed by atoms with Crippen LogP contribution in [0.2, 0.25) is 0 Å². The van der Waals surface area contributed by atoms with Crippen LogP contribution in [0.25, 0.3) is 0 Å². The molecule has 0 saturated heterocycles. The van der Waals surface area contributed by atoms with E-state index in [1.54, 1.807) is 28.6 Å². The maximum absolute atomic E-state index is 13.1. The summed E-state index contributed by atoms with van der Waals surface area (Å²) in [6, 6.07) is 15.6. The summed E-state index contributed by atoms with van der Waals surface area (Å²) in [4.78, 5) is 29.8. The highest BCUT2D eigenvalue weighted by molar-refractivity contribution is 7.99. The molecule has 0 bridgehead atoms. The third-order valence-electron chi connectivity index (χ3n) is 4.47. The van der Waals surface area contributed by atoms with E-state index in [1.165, 1.54) is 4.90 Å². The zero-order chi connectivity index (χ0) is 16.0. The highest BCUT2D eigenvalue weighted by Gasteiger charge is 2.37. The summed E-state index contributed by atoms with van der Waals surface area (Å²) >= 11 is 1.71. The van der Waals surface area contributed by atoms with Crippen molar-refractivity contribution in [3.8, 4) is 0 Å². The van der Waals surface area contributed by atoms with Crippen molar-refractivity contribution in [2.45, 2.75) is 10.8 Å². The van der Waals surface area contributed by atoms with E-state index in [2.05, 4.69) is 6.07 Å². The smallest absolute Gasteiger partial charge is 0.246 e. The van der Waals surface area contributed by atoms with Gasteiger partial charge >= 0.3 is 0 Å². The van der Waals surface area contributed by atoms with Crippen LogP contribution in [-0.4, -0.2) is 31.2 Å². The van der Waals surface area contributed by atoms with Gasteiger partial charge in [0.05, 0.1) is 17.3 Å². The molecule has 0 aromatic heterocycles. The van der Waals surface area contributed by atoms with Crippen LogP contribution >= 0.6 is 11.8 Å². The van der Waals surface area contributed by atoms with Gasteiger partial charge in [-0.05, 0) is 23.8 Å². The van der Waals surface area contributed by atoms with E-state index in [9.17, 15) is 9.59 Å². The number of fused-ring (bicyclic) bond motifs is 2. The SMILES string of the molecule is CN1C(=O)CN(C(=O)C2CSc3ccccc32)c2ccccc21. The van der Waals surface area contributed by atoms with E-state index >= 15 is 0 Å². The average molecular weight is 324 g/mol. The number of anilines is 2. The summed E-state index contributed by atoms with van der Waals surface area (Å²) < 4.78 is 0. The second-order valence-corrected chi connectivity index (χ2v) is 6.83. The Hall–Kier alpha value is -2.27. The topological polar surface area (TPSA) is 40.6 Å². The maximum Gasteiger partial charge on any atom is 0.246 e. The number of hydrogen-bond acceptors (Lipinski definition) is 3. The Bertz CT molecular complexity index is 805. The maximum atomic E-state index is 13.1. The fourth-order valence-electron chi connectivity index (χ4n) is 3.19. The monoisotopic (exact) mass is 324 g/mol. The summed E-state index contributed by atoms with van der Waals surface area (Å²) in [5.41, 5.74) is 2.68. The number of para-hydroxylation sites is 2. The molecule has 0 radical (unpaired) electrons. The van der Waals surface area contributed by atoms with Crippen LogP contribution in [0.5, 0.6) is 0 Å². The zero-order valence-corrected chi connectivity index (χ0v) is 13.5. The quantitative estimate of drug-likeness (QED) is 0.810. The fourth-order valence-corrected chi connectivity index (χ4v) is 4.41. The number of nitrogens with zero attached hydrogens (tertiary/aromatic N) is 2. The number of benzene rings is 2. The lowest BCUT2D eigenvalue weighted by Gasteiger charge is -2.35. The summed E-state index contributed by atoms with van der Waals surface area (Å²) in [5.74, 6) is 0.508. The first-order valence-corrected chi connectivity index (χ1v) is 8.54. The number of carbonyl (C=O) groups is 2. The number of hydrogen-bond donors (Lipinski definition) is 0. The van der Waals surface area contributed by atoms with Gasteiger partial charge in [-0.15, -0.1) is 11.8 Å². The van der Waals surface area contributed by atoms with Gasteiger partial charge in [-0.2, -0.15) is 0 Å². The molecule has 23 heavy (non-hydrogen) atoms. The Kier molecular flexibility index (Phi) is 3.38. The van der Waals surface area contributed by atoms with Crippen LogP contribution < -0.4 is 9.80 Å². The van der Waals surface area contributed by atoms with E-state index in [-0.39, 0.29) is 24.3 Å². The van der Waals surface area contributed by atoms with Crippen LogP contribution in [0.1, 0.15) is 11.5 Å². The third kappa shape index (κ3) is 2.23. The molecule has 0 fully saturated rings. The van der Waals surface area contributed by atoms with Gasteiger partial charge in [-0.25, -0.2) is 0 Å². The molecule has 2 amide bonds.